The molecule has 0 spiro atoms. The number of piperazine rings is 1. The van der Waals surface area contributed by atoms with E-state index in [1.807, 2.05) is 7.05 Å². The van der Waals surface area contributed by atoms with Gasteiger partial charge in [0.15, 0.2) is 5.82 Å². The molecule has 1 aliphatic heterocycles. The maximum Gasteiger partial charge on any atom is 0.188 e. The van der Waals surface area contributed by atoms with Gasteiger partial charge in [-0.2, -0.15) is 4.80 Å². The first-order chi connectivity index (χ1) is 9.43. The van der Waals surface area contributed by atoms with E-state index in [1.54, 1.807) is 4.80 Å². The van der Waals surface area contributed by atoms with E-state index >= 15 is 0 Å². The van der Waals surface area contributed by atoms with Crippen molar-refractivity contribution in [3.05, 3.63) is 5.82 Å². The van der Waals surface area contributed by atoms with Crippen molar-refractivity contribution < 1.29 is 0 Å². The molecule has 0 bridgehead atoms. The highest BCUT2D eigenvalue weighted by atomic mass is 15.6. The second kappa shape index (κ2) is 5.07. The third-order valence-corrected chi connectivity index (χ3v) is 4.57. The Hall–Kier alpha value is -1.01. The van der Waals surface area contributed by atoms with Crippen molar-refractivity contribution in [2.24, 2.45) is 18.4 Å². The highest BCUT2D eigenvalue weighted by Gasteiger charge is 2.41. The van der Waals surface area contributed by atoms with E-state index in [2.05, 4.69) is 46.4 Å². The molecule has 0 amide bonds. The second-order valence-corrected chi connectivity index (χ2v) is 7.36. The summed E-state index contributed by atoms with van der Waals surface area (Å²) in [6, 6.07) is 1.16. The average molecular weight is 278 g/mol. The Morgan fingerprint density at radius 3 is 2.60 bits per heavy atom. The molecule has 20 heavy (non-hydrogen) atoms. The van der Waals surface area contributed by atoms with Crippen LogP contribution in [-0.2, 0) is 13.6 Å². The Kier molecular flexibility index (Phi) is 3.54. The molecule has 1 N–H and O–H groups in total. The summed E-state index contributed by atoms with van der Waals surface area (Å²) in [5.74, 6) is 1.70. The lowest BCUT2D eigenvalue weighted by molar-refractivity contribution is 0.0667. The molecule has 2 heterocycles. The zero-order chi connectivity index (χ0) is 14.3. The highest BCUT2D eigenvalue weighted by molar-refractivity contribution is 4.99. The number of nitrogens with one attached hydrogen (secondary N) is 1. The molecule has 6 heteroatoms. The van der Waals surface area contributed by atoms with E-state index in [1.165, 1.54) is 12.8 Å². The van der Waals surface area contributed by atoms with Gasteiger partial charge in [0, 0.05) is 25.2 Å². The minimum Gasteiger partial charge on any atom is -0.311 e. The van der Waals surface area contributed by atoms with Crippen LogP contribution < -0.4 is 5.32 Å². The molecule has 2 aliphatic rings. The van der Waals surface area contributed by atoms with Crippen LogP contribution in [0.25, 0.3) is 0 Å². The Labute approximate surface area is 120 Å². The van der Waals surface area contributed by atoms with Crippen molar-refractivity contribution in [2.45, 2.75) is 52.2 Å². The normalized spacial score (nSPS) is 28.8. The molecule has 2 atom stereocenters. The lowest BCUT2D eigenvalue weighted by Crippen LogP contribution is -2.60. The van der Waals surface area contributed by atoms with Gasteiger partial charge in [0.2, 0.25) is 0 Å². The number of nitrogens with zero attached hydrogens (tertiary/aromatic N) is 5. The van der Waals surface area contributed by atoms with E-state index < -0.39 is 0 Å². The van der Waals surface area contributed by atoms with Crippen LogP contribution in [0.4, 0.5) is 0 Å². The van der Waals surface area contributed by atoms with Gasteiger partial charge in [-0.25, -0.2) is 0 Å². The summed E-state index contributed by atoms with van der Waals surface area (Å²) in [5.41, 5.74) is 0.280. The second-order valence-electron chi connectivity index (χ2n) is 7.36. The van der Waals surface area contributed by atoms with Gasteiger partial charge in [0.05, 0.1) is 13.6 Å². The fourth-order valence-electron chi connectivity index (χ4n) is 3.10. The number of hydrogen-bond donors (Lipinski definition) is 1. The molecule has 1 saturated carbocycles. The monoisotopic (exact) mass is 278 g/mol. The van der Waals surface area contributed by atoms with Gasteiger partial charge in [-0.1, -0.05) is 20.8 Å². The van der Waals surface area contributed by atoms with Crippen molar-refractivity contribution in [1.29, 1.82) is 0 Å². The first kappa shape index (κ1) is 13.9. The van der Waals surface area contributed by atoms with Gasteiger partial charge in [-0.15, -0.1) is 10.2 Å². The minimum absolute atomic E-state index is 0.280. The molecule has 3 rings (SSSR count). The molecule has 0 radical (unpaired) electrons. The number of tetrazole rings is 1. The summed E-state index contributed by atoms with van der Waals surface area (Å²) in [6.45, 7) is 9.90. The van der Waals surface area contributed by atoms with Crippen LogP contribution >= 0.6 is 0 Å². The Morgan fingerprint density at radius 1 is 1.30 bits per heavy atom. The lowest BCUT2D eigenvalue weighted by Gasteiger charge is -2.45. The van der Waals surface area contributed by atoms with Crippen molar-refractivity contribution in [2.75, 3.05) is 13.1 Å². The first-order valence-electron chi connectivity index (χ1n) is 7.64. The van der Waals surface area contributed by atoms with Crippen LogP contribution in [0.2, 0.25) is 0 Å². The molecule has 2 fully saturated rings. The molecule has 6 nitrogen and oxygen atoms in total. The quantitative estimate of drug-likeness (QED) is 0.886. The summed E-state index contributed by atoms with van der Waals surface area (Å²) in [6.07, 6.45) is 2.74. The van der Waals surface area contributed by atoms with E-state index in [9.17, 15) is 0 Å². The lowest BCUT2D eigenvalue weighted by atomic mass is 9.84. The van der Waals surface area contributed by atoms with Gasteiger partial charge in [-0.3, -0.25) is 4.90 Å². The third-order valence-electron chi connectivity index (χ3n) is 4.57. The minimum atomic E-state index is 0.280. The first-order valence-corrected chi connectivity index (χ1v) is 7.64. The van der Waals surface area contributed by atoms with Crippen molar-refractivity contribution in [1.82, 2.24) is 30.4 Å². The SMILES string of the molecule is Cn1nnc(CN2CC(C(C)(C)C)NCC2C2CC2)n1. The van der Waals surface area contributed by atoms with Crippen LogP contribution in [0.15, 0.2) is 0 Å². The third kappa shape index (κ3) is 3.01. The number of aromatic nitrogens is 4. The number of hydrogen-bond acceptors (Lipinski definition) is 5. The topological polar surface area (TPSA) is 58.9 Å². The maximum atomic E-state index is 4.34. The molecular formula is C14H26N6. The molecule has 1 aliphatic carbocycles. The zero-order valence-electron chi connectivity index (χ0n) is 13.0. The molecular weight excluding hydrogens is 252 g/mol. The highest BCUT2D eigenvalue weighted by Crippen LogP contribution is 2.37. The van der Waals surface area contributed by atoms with Crippen LogP contribution in [0.5, 0.6) is 0 Å². The van der Waals surface area contributed by atoms with Crippen LogP contribution in [0.1, 0.15) is 39.4 Å². The van der Waals surface area contributed by atoms with Crippen LogP contribution in [0.3, 0.4) is 0 Å². The molecule has 2 unspecified atom stereocenters. The Bertz CT molecular complexity index is 458. The molecule has 112 valence electrons. The summed E-state index contributed by atoms with van der Waals surface area (Å²) >= 11 is 0. The van der Waals surface area contributed by atoms with Crippen LogP contribution in [0, 0.1) is 11.3 Å². The number of rotatable bonds is 3. The zero-order valence-corrected chi connectivity index (χ0v) is 13.0. The molecule has 0 aromatic carbocycles. The van der Waals surface area contributed by atoms with Crippen molar-refractivity contribution >= 4 is 0 Å². The van der Waals surface area contributed by atoms with E-state index in [-0.39, 0.29) is 5.41 Å². The van der Waals surface area contributed by atoms with Gasteiger partial charge in [-0.05, 0) is 29.4 Å². The van der Waals surface area contributed by atoms with E-state index in [4.69, 9.17) is 0 Å². The van der Waals surface area contributed by atoms with E-state index in [0.717, 1.165) is 31.4 Å². The van der Waals surface area contributed by atoms with Crippen LogP contribution in [-0.4, -0.2) is 50.3 Å². The molecule has 1 aromatic heterocycles. The summed E-state index contributed by atoms with van der Waals surface area (Å²) < 4.78 is 0. The largest absolute Gasteiger partial charge is 0.311 e. The van der Waals surface area contributed by atoms with E-state index in [0.29, 0.717) is 12.1 Å². The molecule has 1 saturated heterocycles. The van der Waals surface area contributed by atoms with Gasteiger partial charge < -0.3 is 5.32 Å². The van der Waals surface area contributed by atoms with Gasteiger partial charge in [0.25, 0.3) is 0 Å². The fraction of sp³-hybridized carbons (Fsp3) is 0.929. The smallest absolute Gasteiger partial charge is 0.188 e. The summed E-state index contributed by atoms with van der Waals surface area (Å²) in [7, 11) is 1.82. The van der Waals surface area contributed by atoms with Crippen molar-refractivity contribution in [3.63, 3.8) is 0 Å². The fourth-order valence-corrected chi connectivity index (χ4v) is 3.10. The van der Waals surface area contributed by atoms with Gasteiger partial charge >= 0.3 is 0 Å². The summed E-state index contributed by atoms with van der Waals surface area (Å²) in [4.78, 5) is 4.12. The van der Waals surface area contributed by atoms with Gasteiger partial charge in [0.1, 0.15) is 0 Å². The number of aryl methyl sites for hydroxylation is 1. The standard InChI is InChI=1S/C14H26N6/c1-14(2,3)12-8-20(9-13-16-18-19(4)17-13)11(7-15-12)10-5-6-10/h10-12,15H,5-9H2,1-4H3. The Balaban J connectivity index is 1.71. The Morgan fingerprint density at radius 2 is 2.05 bits per heavy atom. The summed E-state index contributed by atoms with van der Waals surface area (Å²) in [5, 5.41) is 16.2. The predicted molar refractivity (Wildman–Crippen MR) is 77.0 cm³/mol. The predicted octanol–water partition coefficient (Wildman–Crippen LogP) is 0.809. The average Bonchev–Trinajstić information content (AvgIpc) is 3.12. The maximum absolute atomic E-state index is 4.34. The van der Waals surface area contributed by atoms with Crippen molar-refractivity contribution in [3.8, 4) is 0 Å². The molecule has 1 aromatic rings.